The number of carbonyl (C=O) groups is 1. The van der Waals surface area contributed by atoms with Crippen LogP contribution in [-0.2, 0) is 37.9 Å². The molecule has 1 aliphatic carbocycles. The minimum Gasteiger partial charge on any atom is -0.453 e. The third-order valence-corrected chi connectivity index (χ3v) is 6.85. The Morgan fingerprint density at radius 2 is 1.32 bits per heavy atom. The van der Waals surface area contributed by atoms with E-state index in [0.29, 0.717) is 31.6 Å². The first kappa shape index (κ1) is 24.1. The summed E-state index contributed by atoms with van der Waals surface area (Å²) in [7, 11) is 1.64. The number of carbonyl (C=O) groups excluding carboxylic acids is 1. The highest BCUT2D eigenvalue weighted by atomic mass is 16.8. The molecule has 0 amide bonds. The molecule has 1 aromatic rings. The molecule has 4 aliphatic rings. The van der Waals surface area contributed by atoms with Gasteiger partial charge in [0.2, 0.25) is 0 Å². The molecule has 5 rings (SSSR count). The highest BCUT2D eigenvalue weighted by Crippen LogP contribution is 2.48. The third-order valence-electron chi connectivity index (χ3n) is 6.85. The van der Waals surface area contributed by atoms with Gasteiger partial charge < -0.3 is 37.9 Å². The van der Waals surface area contributed by atoms with Crippen molar-refractivity contribution in [1.82, 2.24) is 0 Å². The van der Waals surface area contributed by atoms with Gasteiger partial charge in [0.1, 0.15) is 30.5 Å². The van der Waals surface area contributed by atoms with E-state index in [2.05, 4.69) is 0 Å². The molecule has 0 bridgehead atoms. The van der Waals surface area contributed by atoms with Crippen LogP contribution in [0.15, 0.2) is 30.3 Å². The largest absolute Gasteiger partial charge is 0.453 e. The monoisotopic (exact) mass is 478 g/mol. The molecule has 9 nitrogen and oxygen atoms in total. The topological polar surface area (TPSA) is 90.9 Å². The number of fused-ring (bicyclic) bond motifs is 2. The Balaban J connectivity index is 1.48. The van der Waals surface area contributed by atoms with Crippen LogP contribution < -0.4 is 0 Å². The van der Waals surface area contributed by atoms with Gasteiger partial charge in [-0.2, -0.15) is 0 Å². The van der Waals surface area contributed by atoms with E-state index < -0.39 is 60.0 Å². The number of benzene rings is 1. The number of esters is 1. The average molecular weight is 479 g/mol. The summed E-state index contributed by atoms with van der Waals surface area (Å²) >= 11 is 0. The normalized spacial score (nSPS) is 37.6. The molecule has 0 spiro atoms. The first-order valence-electron chi connectivity index (χ1n) is 11.9. The van der Waals surface area contributed by atoms with Crippen molar-refractivity contribution >= 4 is 5.97 Å². The molecule has 188 valence electrons. The van der Waals surface area contributed by atoms with Crippen molar-refractivity contribution in [3.8, 4) is 0 Å². The molecule has 1 aromatic carbocycles. The van der Waals surface area contributed by atoms with Crippen LogP contribution in [-0.4, -0.2) is 80.3 Å². The lowest BCUT2D eigenvalue weighted by atomic mass is 9.84. The minimum atomic E-state index is -0.904. The number of rotatable bonds is 5. The second-order valence-electron chi connectivity index (χ2n) is 10.2. The van der Waals surface area contributed by atoms with Gasteiger partial charge in [0.15, 0.2) is 23.5 Å². The molecule has 2 unspecified atom stereocenters. The molecule has 1 saturated carbocycles. The molecular weight excluding hydrogens is 444 g/mol. The summed E-state index contributed by atoms with van der Waals surface area (Å²) in [6, 6.07) is 8.86. The Labute approximate surface area is 199 Å². The molecule has 3 aliphatic heterocycles. The van der Waals surface area contributed by atoms with E-state index in [9.17, 15) is 4.79 Å². The minimum absolute atomic E-state index is 0.450. The van der Waals surface area contributed by atoms with Crippen LogP contribution in [0.25, 0.3) is 0 Å². The van der Waals surface area contributed by atoms with Gasteiger partial charge in [-0.3, -0.25) is 0 Å². The van der Waals surface area contributed by atoms with E-state index in [1.54, 1.807) is 31.4 Å². The number of ether oxygens (including phenoxy) is 8. The van der Waals surface area contributed by atoms with Crippen molar-refractivity contribution < 1.29 is 42.7 Å². The first-order chi connectivity index (χ1) is 16.1. The summed E-state index contributed by atoms with van der Waals surface area (Å²) in [5.74, 6) is -3.10. The smallest absolute Gasteiger partial charge is 0.338 e. The van der Waals surface area contributed by atoms with Gasteiger partial charge in [0.05, 0.1) is 18.8 Å². The summed E-state index contributed by atoms with van der Waals surface area (Å²) in [6.07, 6.45) is -2.50. The molecule has 0 N–H and O–H groups in total. The average Bonchev–Trinajstić information content (AvgIpc) is 3.31. The van der Waals surface area contributed by atoms with Crippen molar-refractivity contribution in [3.63, 3.8) is 0 Å². The molecular formula is C25H34O9. The summed E-state index contributed by atoms with van der Waals surface area (Å²) < 4.78 is 49.3. The lowest BCUT2D eigenvalue weighted by molar-refractivity contribution is -0.313. The predicted octanol–water partition coefficient (Wildman–Crippen LogP) is 2.80. The van der Waals surface area contributed by atoms with Gasteiger partial charge in [-0.1, -0.05) is 18.2 Å². The van der Waals surface area contributed by atoms with Gasteiger partial charge in [0, 0.05) is 20.0 Å². The summed E-state index contributed by atoms with van der Waals surface area (Å²) in [5, 5.41) is 0. The van der Waals surface area contributed by atoms with Crippen molar-refractivity contribution in [2.24, 2.45) is 0 Å². The molecule has 0 radical (unpaired) electrons. The van der Waals surface area contributed by atoms with Gasteiger partial charge in [-0.25, -0.2) is 4.79 Å². The Kier molecular flexibility index (Phi) is 6.25. The molecule has 9 heteroatoms. The van der Waals surface area contributed by atoms with Crippen molar-refractivity contribution in [1.29, 1.82) is 0 Å². The first-order valence-corrected chi connectivity index (χ1v) is 11.9. The summed E-state index contributed by atoms with van der Waals surface area (Å²) in [4.78, 5) is 13.0. The van der Waals surface area contributed by atoms with Crippen LogP contribution in [0.4, 0.5) is 0 Å². The molecule has 34 heavy (non-hydrogen) atoms. The van der Waals surface area contributed by atoms with Crippen LogP contribution >= 0.6 is 0 Å². The van der Waals surface area contributed by atoms with Crippen LogP contribution in [0.1, 0.15) is 50.9 Å². The quantitative estimate of drug-likeness (QED) is 0.468. The second kappa shape index (κ2) is 8.81. The van der Waals surface area contributed by atoms with E-state index >= 15 is 0 Å². The Morgan fingerprint density at radius 3 is 1.82 bits per heavy atom. The lowest BCUT2D eigenvalue weighted by Gasteiger charge is -2.46. The fraction of sp³-hybridized carbons (Fsp3) is 0.720. The molecule has 3 heterocycles. The number of hydrogen-bond acceptors (Lipinski definition) is 9. The van der Waals surface area contributed by atoms with E-state index in [4.69, 9.17) is 37.9 Å². The maximum absolute atomic E-state index is 13.0. The van der Waals surface area contributed by atoms with Crippen molar-refractivity contribution in [3.05, 3.63) is 35.9 Å². The fourth-order valence-electron chi connectivity index (χ4n) is 5.36. The maximum atomic E-state index is 13.0. The third kappa shape index (κ3) is 4.51. The zero-order valence-corrected chi connectivity index (χ0v) is 20.4. The van der Waals surface area contributed by atoms with Crippen molar-refractivity contribution in [2.75, 3.05) is 20.3 Å². The summed E-state index contributed by atoms with van der Waals surface area (Å²) in [6.45, 7) is 8.40. The molecule has 4 fully saturated rings. The van der Waals surface area contributed by atoms with Gasteiger partial charge >= 0.3 is 5.97 Å². The Hall–Kier alpha value is -1.59. The van der Waals surface area contributed by atoms with E-state index in [-0.39, 0.29) is 0 Å². The zero-order valence-electron chi connectivity index (χ0n) is 20.4. The van der Waals surface area contributed by atoms with Crippen LogP contribution in [0.5, 0.6) is 0 Å². The van der Waals surface area contributed by atoms with E-state index in [0.717, 1.165) is 0 Å². The van der Waals surface area contributed by atoms with Crippen LogP contribution in [0.3, 0.4) is 0 Å². The van der Waals surface area contributed by atoms with E-state index in [1.165, 1.54) is 0 Å². The Morgan fingerprint density at radius 1 is 0.824 bits per heavy atom. The van der Waals surface area contributed by atoms with Gasteiger partial charge in [-0.15, -0.1) is 0 Å². The zero-order chi connectivity index (χ0) is 24.1. The highest BCUT2D eigenvalue weighted by Gasteiger charge is 2.66. The highest BCUT2D eigenvalue weighted by molar-refractivity contribution is 5.89. The standard InChI is InChI=1S/C25H34O9/c1-23(2)30-17-16(29-22(26)15-9-7-6-8-10-15)18-20(33-24(3,4)31-18)21(19(17)32-23)34-25(27-5)11-13-28-14-12-25/h6-10,16-21H,11-14H2,1-5H3/t16?,17-,18+,19-,20-,21?/m0/s1. The SMILES string of the molecule is COC1(OC2[C@H]3OC(C)(C)O[C@@H]3C(OC(=O)c3ccccc3)[C@@H]3OC(C)(C)O[C@H]23)CCOCC1. The van der Waals surface area contributed by atoms with Gasteiger partial charge in [0.25, 0.3) is 0 Å². The lowest BCUT2D eigenvalue weighted by Crippen LogP contribution is -2.65. The van der Waals surface area contributed by atoms with E-state index in [1.807, 2.05) is 33.8 Å². The maximum Gasteiger partial charge on any atom is 0.338 e. The van der Waals surface area contributed by atoms with Gasteiger partial charge in [-0.05, 0) is 39.8 Å². The Bertz CT molecular complexity index is 848. The summed E-state index contributed by atoms with van der Waals surface area (Å²) in [5.41, 5.74) is 0.450. The molecule has 6 atom stereocenters. The van der Waals surface area contributed by atoms with Crippen LogP contribution in [0, 0.1) is 0 Å². The second-order valence-corrected chi connectivity index (χ2v) is 10.2. The number of hydrogen-bond donors (Lipinski definition) is 0. The predicted molar refractivity (Wildman–Crippen MR) is 118 cm³/mol. The van der Waals surface area contributed by atoms with Crippen molar-refractivity contribution in [2.45, 2.75) is 94.5 Å². The number of methoxy groups -OCH3 is 1. The van der Waals surface area contributed by atoms with Crippen LogP contribution in [0.2, 0.25) is 0 Å². The molecule has 0 aromatic heterocycles. The molecule has 3 saturated heterocycles. The fourth-order valence-corrected chi connectivity index (χ4v) is 5.36.